The average molecular weight is 407 g/mol. The van der Waals surface area contributed by atoms with Gasteiger partial charge in [-0.2, -0.15) is 0 Å². The fourth-order valence-electron chi connectivity index (χ4n) is 1.95. The molecule has 0 fully saturated rings. The zero-order chi connectivity index (χ0) is 14.0. The van der Waals surface area contributed by atoms with Crippen molar-refractivity contribution in [3.05, 3.63) is 54.3 Å². The topological polar surface area (TPSA) is 12.0 Å². The van der Waals surface area contributed by atoms with Crippen LogP contribution in [0, 0.1) is 12.7 Å². The van der Waals surface area contributed by atoms with Gasteiger partial charge in [-0.3, -0.25) is 0 Å². The Bertz CT molecular complexity index is 543. The molecule has 0 amide bonds. The zero-order valence-corrected chi connectivity index (χ0v) is 14.6. The lowest BCUT2D eigenvalue weighted by Gasteiger charge is -2.17. The number of rotatable bonds is 4. The van der Waals surface area contributed by atoms with Gasteiger partial charge in [-0.05, 0) is 59.2 Å². The summed E-state index contributed by atoms with van der Waals surface area (Å²) in [5.74, 6) is -0.223. The second kappa shape index (κ2) is 6.48. The van der Waals surface area contributed by atoms with E-state index in [0.29, 0.717) is 0 Å². The zero-order valence-electron chi connectivity index (χ0n) is 10.6. The van der Waals surface area contributed by atoms with Gasteiger partial charge in [0.05, 0.1) is 6.04 Å². The lowest BCUT2D eigenvalue weighted by Crippen LogP contribution is -2.21. The Labute approximate surface area is 133 Å². The predicted molar refractivity (Wildman–Crippen MR) is 86.4 cm³/mol. The van der Waals surface area contributed by atoms with Crippen LogP contribution in [0.5, 0.6) is 0 Å². The molecule has 1 unspecified atom stereocenters. The first-order valence-corrected chi connectivity index (χ1v) is 8.36. The lowest BCUT2D eigenvalue weighted by molar-refractivity contribution is 0.606. The van der Waals surface area contributed by atoms with Crippen LogP contribution in [0.25, 0.3) is 0 Å². The molecule has 0 saturated heterocycles. The molecule has 1 aromatic carbocycles. The molecule has 0 aliphatic carbocycles. The van der Waals surface area contributed by atoms with E-state index < -0.39 is 0 Å². The summed E-state index contributed by atoms with van der Waals surface area (Å²) >= 11 is 8.61. The Balaban J connectivity index is 2.44. The van der Waals surface area contributed by atoms with Gasteiger partial charge in [0.25, 0.3) is 0 Å². The Morgan fingerprint density at radius 3 is 2.53 bits per heavy atom. The Morgan fingerprint density at radius 1 is 1.26 bits per heavy atom. The molecule has 1 aromatic heterocycles. The van der Waals surface area contributed by atoms with Gasteiger partial charge < -0.3 is 5.32 Å². The van der Waals surface area contributed by atoms with Gasteiger partial charge in [0.15, 0.2) is 0 Å². The largest absolute Gasteiger partial charge is 0.306 e. The molecule has 102 valence electrons. The fourth-order valence-corrected chi connectivity index (χ4v) is 4.10. The third-order valence-electron chi connectivity index (χ3n) is 2.79. The van der Waals surface area contributed by atoms with Crippen molar-refractivity contribution in [2.24, 2.45) is 0 Å². The summed E-state index contributed by atoms with van der Waals surface area (Å²) in [4.78, 5) is 2.41. The van der Waals surface area contributed by atoms with Gasteiger partial charge in [-0.15, -0.1) is 11.3 Å². The van der Waals surface area contributed by atoms with Crippen LogP contribution in [0.1, 0.15) is 28.3 Å². The molecule has 2 rings (SSSR count). The van der Waals surface area contributed by atoms with Gasteiger partial charge in [0.1, 0.15) is 5.82 Å². The van der Waals surface area contributed by atoms with Crippen molar-refractivity contribution in [2.75, 3.05) is 6.54 Å². The molecule has 0 aliphatic heterocycles. The van der Waals surface area contributed by atoms with Crippen LogP contribution >= 0.6 is 43.2 Å². The third kappa shape index (κ3) is 3.66. The summed E-state index contributed by atoms with van der Waals surface area (Å²) in [6, 6.07) is 7.14. The van der Waals surface area contributed by atoms with Crippen LogP contribution in [-0.4, -0.2) is 6.54 Å². The summed E-state index contributed by atoms with van der Waals surface area (Å²) in [5, 5.41) is 3.41. The third-order valence-corrected chi connectivity index (χ3v) is 5.45. The number of thiophene rings is 1. The van der Waals surface area contributed by atoms with E-state index in [0.717, 1.165) is 21.1 Å². The second-order valence-electron chi connectivity index (χ2n) is 4.25. The van der Waals surface area contributed by atoms with Gasteiger partial charge in [-0.25, -0.2) is 4.39 Å². The molecule has 19 heavy (non-hydrogen) atoms. The van der Waals surface area contributed by atoms with E-state index in [1.165, 1.54) is 15.8 Å². The van der Waals surface area contributed by atoms with E-state index in [4.69, 9.17) is 0 Å². The van der Waals surface area contributed by atoms with Crippen molar-refractivity contribution in [3.8, 4) is 0 Å². The van der Waals surface area contributed by atoms with Gasteiger partial charge in [0, 0.05) is 18.7 Å². The number of nitrogens with one attached hydrogen (secondary N) is 1. The highest BCUT2D eigenvalue weighted by molar-refractivity contribution is 9.10. The number of hydrogen-bond acceptors (Lipinski definition) is 2. The molecule has 0 spiro atoms. The number of benzene rings is 1. The standard InChI is InChI=1S/C14H14Br2FNS/c1-3-18-14(13-7-12(16)8(2)19-13)9-4-10(15)6-11(17)5-9/h4-7,14,18H,3H2,1-2H3. The maximum Gasteiger partial charge on any atom is 0.124 e. The first-order valence-electron chi connectivity index (χ1n) is 5.96. The molecule has 1 atom stereocenters. The highest BCUT2D eigenvalue weighted by atomic mass is 79.9. The van der Waals surface area contributed by atoms with E-state index in [2.05, 4.69) is 57.1 Å². The summed E-state index contributed by atoms with van der Waals surface area (Å²) in [7, 11) is 0. The Hall–Kier alpha value is -0.230. The minimum Gasteiger partial charge on any atom is -0.306 e. The van der Waals surface area contributed by atoms with Crippen LogP contribution in [0.4, 0.5) is 4.39 Å². The minimum atomic E-state index is -0.223. The molecule has 0 bridgehead atoms. The van der Waals surface area contributed by atoms with Crippen LogP contribution in [0.3, 0.4) is 0 Å². The van der Waals surface area contributed by atoms with Gasteiger partial charge in [-0.1, -0.05) is 22.9 Å². The monoisotopic (exact) mass is 405 g/mol. The second-order valence-corrected chi connectivity index (χ2v) is 7.30. The summed E-state index contributed by atoms with van der Waals surface area (Å²) < 4.78 is 15.4. The number of halogens is 3. The average Bonchev–Trinajstić information content (AvgIpc) is 2.65. The first kappa shape index (κ1) is 15.2. The number of aryl methyl sites for hydroxylation is 1. The lowest BCUT2D eigenvalue weighted by atomic mass is 10.1. The van der Waals surface area contributed by atoms with Crippen molar-refractivity contribution in [1.82, 2.24) is 5.32 Å². The summed E-state index contributed by atoms with van der Waals surface area (Å²) in [5.41, 5.74) is 0.933. The molecular weight excluding hydrogens is 393 g/mol. The van der Waals surface area contributed by atoms with E-state index in [1.807, 2.05) is 6.07 Å². The molecule has 5 heteroatoms. The van der Waals surface area contributed by atoms with Crippen molar-refractivity contribution in [3.63, 3.8) is 0 Å². The van der Waals surface area contributed by atoms with E-state index in [1.54, 1.807) is 17.4 Å². The molecule has 1 nitrogen and oxygen atoms in total. The molecule has 0 aliphatic rings. The maximum absolute atomic E-state index is 13.6. The molecule has 0 radical (unpaired) electrons. The summed E-state index contributed by atoms with van der Waals surface area (Å²) in [6.07, 6.45) is 0. The van der Waals surface area contributed by atoms with Crippen molar-refractivity contribution >= 4 is 43.2 Å². The van der Waals surface area contributed by atoms with E-state index in [-0.39, 0.29) is 11.9 Å². The van der Waals surface area contributed by atoms with Crippen LogP contribution in [0.15, 0.2) is 33.2 Å². The SMILES string of the molecule is CCNC(c1cc(F)cc(Br)c1)c1cc(Br)c(C)s1. The Morgan fingerprint density at radius 2 is 2.00 bits per heavy atom. The molecule has 2 aromatic rings. The van der Waals surface area contributed by atoms with Gasteiger partial charge >= 0.3 is 0 Å². The van der Waals surface area contributed by atoms with E-state index >= 15 is 0 Å². The van der Waals surface area contributed by atoms with Crippen LogP contribution in [0.2, 0.25) is 0 Å². The molecule has 0 saturated carbocycles. The highest BCUT2D eigenvalue weighted by Gasteiger charge is 2.17. The predicted octanol–water partition coefficient (Wildman–Crippen LogP) is 5.42. The quantitative estimate of drug-likeness (QED) is 0.714. The Kier molecular flexibility index (Phi) is 5.17. The van der Waals surface area contributed by atoms with Crippen molar-refractivity contribution < 1.29 is 4.39 Å². The normalized spacial score (nSPS) is 12.7. The molecule has 1 heterocycles. The number of hydrogen-bond donors (Lipinski definition) is 1. The van der Waals surface area contributed by atoms with Crippen molar-refractivity contribution in [2.45, 2.75) is 19.9 Å². The van der Waals surface area contributed by atoms with Crippen molar-refractivity contribution in [1.29, 1.82) is 0 Å². The van der Waals surface area contributed by atoms with E-state index in [9.17, 15) is 4.39 Å². The van der Waals surface area contributed by atoms with Gasteiger partial charge in [0.2, 0.25) is 0 Å². The smallest absolute Gasteiger partial charge is 0.124 e. The highest BCUT2D eigenvalue weighted by Crippen LogP contribution is 2.34. The first-order chi connectivity index (χ1) is 9.01. The molecular formula is C14H14Br2FNS. The van der Waals surface area contributed by atoms with Crippen LogP contribution < -0.4 is 5.32 Å². The molecule has 1 N–H and O–H groups in total. The maximum atomic E-state index is 13.6. The fraction of sp³-hybridized carbons (Fsp3) is 0.286. The minimum absolute atomic E-state index is 0.0204. The summed E-state index contributed by atoms with van der Waals surface area (Å²) in [6.45, 7) is 4.95. The van der Waals surface area contributed by atoms with Crippen LogP contribution in [-0.2, 0) is 0 Å².